The van der Waals surface area contributed by atoms with Crippen LogP contribution in [-0.2, 0) is 26.6 Å². The Morgan fingerprint density at radius 1 is 1.05 bits per heavy atom. The summed E-state index contributed by atoms with van der Waals surface area (Å²) in [5.74, 6) is -0.788. The number of methoxy groups -OCH3 is 1. The van der Waals surface area contributed by atoms with Crippen LogP contribution in [0.15, 0.2) is 51.7 Å². The lowest BCUT2D eigenvalue weighted by molar-refractivity contribution is -0.141. The summed E-state index contributed by atoms with van der Waals surface area (Å²) in [6.07, 6.45) is 0.0857. The summed E-state index contributed by atoms with van der Waals surface area (Å²) in [5.41, 5.74) is 2.79. The van der Waals surface area contributed by atoms with Crippen molar-refractivity contribution in [3.63, 3.8) is 0 Å². The first-order chi connectivity index (χ1) is 18.1. The van der Waals surface area contributed by atoms with Crippen molar-refractivity contribution < 1.29 is 28.6 Å². The number of amides is 2. The van der Waals surface area contributed by atoms with Gasteiger partial charge < -0.3 is 24.9 Å². The van der Waals surface area contributed by atoms with Gasteiger partial charge in [-0.25, -0.2) is 9.59 Å². The maximum Gasteiger partial charge on any atom is 0.339 e. The third-order valence-corrected chi connectivity index (χ3v) is 7.36. The van der Waals surface area contributed by atoms with E-state index in [0.29, 0.717) is 28.2 Å². The Bertz CT molecular complexity index is 1370. The Labute approximate surface area is 224 Å². The normalized spacial score (nSPS) is 12.5. The minimum Gasteiger partial charge on any atom is -0.496 e. The highest BCUT2D eigenvalue weighted by Gasteiger charge is 2.24. The van der Waals surface area contributed by atoms with Gasteiger partial charge in [0.25, 0.3) is 0 Å². The summed E-state index contributed by atoms with van der Waals surface area (Å²) < 4.78 is 10.8. The highest BCUT2D eigenvalue weighted by molar-refractivity contribution is 7.98. The molecule has 0 spiro atoms. The number of hydrogen-bond donors (Lipinski definition) is 3. The first-order valence-electron chi connectivity index (χ1n) is 12.2. The summed E-state index contributed by atoms with van der Waals surface area (Å²) >= 11 is 1.39. The average Bonchev–Trinajstić information content (AvgIpc) is 2.89. The lowest BCUT2D eigenvalue weighted by Gasteiger charge is -2.19. The fraction of sp³-hybridized carbons (Fsp3) is 0.357. The number of aliphatic carboxylic acids is 1. The molecule has 2 aromatic carbocycles. The molecule has 0 fully saturated rings. The van der Waals surface area contributed by atoms with Crippen molar-refractivity contribution in [3.05, 3.63) is 75.1 Å². The van der Waals surface area contributed by atoms with Crippen LogP contribution in [0, 0.1) is 13.8 Å². The van der Waals surface area contributed by atoms with Crippen LogP contribution in [0.3, 0.4) is 0 Å². The highest BCUT2D eigenvalue weighted by Crippen LogP contribution is 2.29. The first kappa shape index (κ1) is 28.8. The molecule has 3 aromatic rings. The zero-order chi connectivity index (χ0) is 27.8. The predicted molar refractivity (Wildman–Crippen MR) is 147 cm³/mol. The van der Waals surface area contributed by atoms with Gasteiger partial charge in [0.2, 0.25) is 11.8 Å². The maximum atomic E-state index is 12.6. The van der Waals surface area contributed by atoms with Crippen molar-refractivity contribution in [1.29, 1.82) is 0 Å². The Hall–Kier alpha value is -3.79. The van der Waals surface area contributed by atoms with E-state index in [-0.39, 0.29) is 18.6 Å². The zero-order valence-corrected chi connectivity index (χ0v) is 22.6. The van der Waals surface area contributed by atoms with Crippen LogP contribution in [0.25, 0.3) is 11.0 Å². The number of rotatable bonds is 12. The van der Waals surface area contributed by atoms with E-state index in [1.54, 1.807) is 27.0 Å². The van der Waals surface area contributed by atoms with Crippen LogP contribution in [0.1, 0.15) is 35.6 Å². The predicted octanol–water partition coefficient (Wildman–Crippen LogP) is 3.36. The van der Waals surface area contributed by atoms with Crippen molar-refractivity contribution in [2.75, 3.05) is 12.9 Å². The summed E-state index contributed by atoms with van der Waals surface area (Å²) in [7, 11) is 1.54. The van der Waals surface area contributed by atoms with Crippen molar-refractivity contribution in [1.82, 2.24) is 10.6 Å². The Morgan fingerprint density at radius 3 is 2.42 bits per heavy atom. The quantitative estimate of drug-likeness (QED) is 0.298. The van der Waals surface area contributed by atoms with E-state index in [1.807, 2.05) is 36.4 Å². The fourth-order valence-corrected chi connectivity index (χ4v) is 5.05. The molecule has 9 nitrogen and oxygen atoms in total. The Kier molecular flexibility index (Phi) is 9.95. The Morgan fingerprint density at radius 2 is 1.76 bits per heavy atom. The van der Waals surface area contributed by atoms with Crippen molar-refractivity contribution in [2.24, 2.45) is 0 Å². The van der Waals surface area contributed by atoms with Gasteiger partial charge in [-0.1, -0.05) is 30.3 Å². The molecule has 2 unspecified atom stereocenters. The molecule has 2 atom stereocenters. The number of hydrogen-bond acceptors (Lipinski definition) is 7. The number of benzene rings is 2. The molecule has 10 heteroatoms. The molecule has 0 aliphatic rings. The molecule has 0 bridgehead atoms. The van der Waals surface area contributed by atoms with Gasteiger partial charge in [0.05, 0.1) is 7.11 Å². The van der Waals surface area contributed by atoms with Crippen LogP contribution in [0.2, 0.25) is 0 Å². The second-order valence-electron chi connectivity index (χ2n) is 8.95. The molecule has 1 aromatic heterocycles. The van der Waals surface area contributed by atoms with Gasteiger partial charge in [0, 0.05) is 34.4 Å². The largest absolute Gasteiger partial charge is 0.496 e. The first-order valence-corrected chi connectivity index (χ1v) is 13.3. The number of carboxylic acids is 1. The molecule has 0 radical (unpaired) electrons. The summed E-state index contributed by atoms with van der Waals surface area (Å²) in [4.78, 5) is 49.4. The standard InChI is InChI=1S/C28H32N2O7S/c1-16-20-10-12-23(36-4)17(2)25(20)37-28(35)21(16)11-13-24(31)29-18(3)26(32)30-22(27(33)34)15-38-14-19-8-6-5-7-9-19/h5-10,12,18,22H,11,13-15H2,1-4H3,(H,29,31)(H,30,32)(H,33,34). The van der Waals surface area contributed by atoms with Crippen LogP contribution in [0.5, 0.6) is 5.75 Å². The second kappa shape index (κ2) is 13.1. The molecular formula is C28H32N2O7S. The van der Waals surface area contributed by atoms with Crippen LogP contribution in [-0.4, -0.2) is 47.8 Å². The van der Waals surface area contributed by atoms with E-state index in [2.05, 4.69) is 10.6 Å². The SMILES string of the molecule is COc1ccc2c(C)c(CCC(=O)NC(C)C(=O)NC(CSCc3ccccc3)C(=O)O)c(=O)oc2c1C. The Balaban J connectivity index is 1.55. The van der Waals surface area contributed by atoms with Crippen LogP contribution in [0.4, 0.5) is 0 Å². The minimum atomic E-state index is -1.15. The monoisotopic (exact) mass is 540 g/mol. The fourth-order valence-electron chi connectivity index (χ4n) is 4.04. The number of aryl methyl sites for hydroxylation is 2. The number of thioether (sulfide) groups is 1. The van der Waals surface area contributed by atoms with E-state index >= 15 is 0 Å². The van der Waals surface area contributed by atoms with Gasteiger partial charge in [-0.15, -0.1) is 0 Å². The van der Waals surface area contributed by atoms with E-state index in [4.69, 9.17) is 9.15 Å². The zero-order valence-electron chi connectivity index (χ0n) is 21.8. The molecule has 0 aliphatic carbocycles. The van der Waals surface area contributed by atoms with Crippen LogP contribution < -0.4 is 21.0 Å². The number of carboxylic acid groups (broad SMARTS) is 1. The highest BCUT2D eigenvalue weighted by atomic mass is 32.2. The smallest absolute Gasteiger partial charge is 0.339 e. The summed E-state index contributed by atoms with van der Waals surface area (Å²) in [6.45, 7) is 5.09. The van der Waals surface area contributed by atoms with Crippen molar-refractivity contribution in [2.45, 2.75) is 51.4 Å². The van der Waals surface area contributed by atoms with Crippen molar-refractivity contribution >= 4 is 40.5 Å². The molecule has 202 valence electrons. The van der Waals surface area contributed by atoms with Crippen molar-refractivity contribution in [3.8, 4) is 5.75 Å². The number of ether oxygens (including phenoxy) is 1. The maximum absolute atomic E-state index is 12.6. The number of carbonyl (C=O) groups is 3. The van der Waals surface area contributed by atoms with Gasteiger partial charge in [0.1, 0.15) is 23.4 Å². The number of fused-ring (bicyclic) bond motifs is 1. The lowest BCUT2D eigenvalue weighted by Crippen LogP contribution is -2.51. The van der Waals surface area contributed by atoms with Gasteiger partial charge in [-0.2, -0.15) is 11.8 Å². The molecule has 0 saturated heterocycles. The molecule has 2 amide bonds. The third-order valence-electron chi connectivity index (χ3n) is 6.26. The molecule has 3 rings (SSSR count). The van der Waals surface area contributed by atoms with Gasteiger partial charge >= 0.3 is 11.6 Å². The summed E-state index contributed by atoms with van der Waals surface area (Å²) in [6, 6.07) is 11.2. The number of nitrogens with one attached hydrogen (secondary N) is 2. The minimum absolute atomic E-state index is 0.0425. The number of carbonyl (C=O) groups excluding carboxylic acids is 2. The van der Waals surface area contributed by atoms with Crippen LogP contribution >= 0.6 is 11.8 Å². The molecule has 38 heavy (non-hydrogen) atoms. The van der Waals surface area contributed by atoms with Gasteiger partial charge in [-0.05, 0) is 50.5 Å². The molecule has 0 saturated carbocycles. The topological polar surface area (TPSA) is 135 Å². The average molecular weight is 541 g/mol. The molecule has 0 aliphatic heterocycles. The molecule has 1 heterocycles. The van der Waals surface area contributed by atoms with Gasteiger partial charge in [-0.3, -0.25) is 9.59 Å². The van der Waals surface area contributed by atoms with E-state index in [1.165, 1.54) is 18.7 Å². The summed E-state index contributed by atoms with van der Waals surface area (Å²) in [5, 5.41) is 15.3. The molecular weight excluding hydrogens is 508 g/mol. The lowest BCUT2D eigenvalue weighted by atomic mass is 10.00. The van der Waals surface area contributed by atoms with Gasteiger partial charge in [0.15, 0.2) is 0 Å². The second-order valence-corrected chi connectivity index (χ2v) is 9.98. The van der Waals surface area contributed by atoms with E-state index in [9.17, 15) is 24.3 Å². The van der Waals surface area contributed by atoms with E-state index in [0.717, 1.165) is 16.5 Å². The van der Waals surface area contributed by atoms with E-state index < -0.39 is 35.5 Å². The third kappa shape index (κ3) is 7.16. The molecule has 3 N–H and O–H groups in total.